The number of rotatable bonds is 4. The molecule has 0 aliphatic carbocycles. The third kappa shape index (κ3) is 3.11. The third-order valence-electron chi connectivity index (χ3n) is 3.52. The molecule has 1 aromatic rings. The van der Waals surface area contributed by atoms with E-state index in [9.17, 15) is 13.2 Å². The SMILES string of the molecule is CCS(=O)(=O)C1CSCCN1c1c(N)cccc1C(N)=O. The van der Waals surface area contributed by atoms with E-state index in [1.54, 1.807) is 41.8 Å². The van der Waals surface area contributed by atoms with Crippen LogP contribution >= 0.6 is 11.8 Å². The molecule has 2 rings (SSSR count). The summed E-state index contributed by atoms with van der Waals surface area (Å²) in [6, 6.07) is 4.87. The van der Waals surface area contributed by atoms with Crippen LogP contribution < -0.4 is 16.4 Å². The fourth-order valence-electron chi connectivity index (χ4n) is 2.41. The van der Waals surface area contributed by atoms with Gasteiger partial charge in [0.25, 0.3) is 5.91 Å². The molecule has 0 bridgehead atoms. The molecule has 0 aromatic heterocycles. The molecule has 1 saturated heterocycles. The number of benzene rings is 1. The Hall–Kier alpha value is -1.41. The maximum atomic E-state index is 12.3. The number of para-hydroxylation sites is 1. The molecule has 1 unspecified atom stereocenters. The summed E-state index contributed by atoms with van der Waals surface area (Å²) in [6.07, 6.45) is 0. The van der Waals surface area contributed by atoms with E-state index < -0.39 is 21.1 Å². The smallest absolute Gasteiger partial charge is 0.250 e. The van der Waals surface area contributed by atoms with E-state index in [-0.39, 0.29) is 11.3 Å². The van der Waals surface area contributed by atoms with E-state index in [1.165, 1.54) is 0 Å². The largest absolute Gasteiger partial charge is 0.397 e. The van der Waals surface area contributed by atoms with Gasteiger partial charge in [0.15, 0.2) is 9.84 Å². The van der Waals surface area contributed by atoms with Crippen LogP contribution in [-0.4, -0.2) is 43.5 Å². The van der Waals surface area contributed by atoms with Crippen LogP contribution in [0, 0.1) is 0 Å². The van der Waals surface area contributed by atoms with Crippen molar-refractivity contribution < 1.29 is 13.2 Å². The van der Waals surface area contributed by atoms with Gasteiger partial charge in [-0.15, -0.1) is 0 Å². The molecule has 1 aromatic carbocycles. The number of carbonyl (C=O) groups excluding carboxylic acids is 1. The minimum absolute atomic E-state index is 0.0490. The molecule has 116 valence electrons. The number of sulfone groups is 1. The van der Waals surface area contributed by atoms with E-state index in [4.69, 9.17) is 11.5 Å². The zero-order valence-electron chi connectivity index (χ0n) is 11.8. The van der Waals surface area contributed by atoms with Crippen molar-refractivity contribution in [1.29, 1.82) is 0 Å². The first-order valence-corrected chi connectivity index (χ1v) is 9.49. The molecule has 1 fully saturated rings. The lowest BCUT2D eigenvalue weighted by molar-refractivity contribution is 0.100. The van der Waals surface area contributed by atoms with Crippen LogP contribution in [-0.2, 0) is 9.84 Å². The van der Waals surface area contributed by atoms with Crippen molar-refractivity contribution in [2.45, 2.75) is 12.3 Å². The lowest BCUT2D eigenvalue weighted by atomic mass is 10.1. The predicted molar refractivity (Wildman–Crippen MR) is 87.3 cm³/mol. The van der Waals surface area contributed by atoms with Crippen molar-refractivity contribution in [1.82, 2.24) is 0 Å². The lowest BCUT2D eigenvalue weighted by Crippen LogP contribution is -2.48. The zero-order chi connectivity index (χ0) is 15.6. The summed E-state index contributed by atoms with van der Waals surface area (Å²) >= 11 is 1.59. The number of amides is 1. The molecule has 1 aliphatic rings. The average Bonchev–Trinajstić information content (AvgIpc) is 2.47. The predicted octanol–water partition coefficient (Wildman–Crippen LogP) is 0.682. The van der Waals surface area contributed by atoms with E-state index in [2.05, 4.69) is 0 Å². The number of thioether (sulfide) groups is 1. The molecule has 1 atom stereocenters. The number of nitrogens with zero attached hydrogens (tertiary/aromatic N) is 1. The third-order valence-corrected chi connectivity index (χ3v) is 6.81. The molecule has 0 radical (unpaired) electrons. The summed E-state index contributed by atoms with van der Waals surface area (Å²) in [6.45, 7) is 2.14. The molecule has 8 heteroatoms. The lowest BCUT2D eigenvalue weighted by Gasteiger charge is -2.37. The summed E-state index contributed by atoms with van der Waals surface area (Å²) in [5.74, 6) is 0.682. The van der Waals surface area contributed by atoms with Crippen LogP contribution in [0.4, 0.5) is 11.4 Å². The maximum absolute atomic E-state index is 12.3. The molecule has 1 amide bonds. The van der Waals surface area contributed by atoms with Crippen LogP contribution in [0.3, 0.4) is 0 Å². The van der Waals surface area contributed by atoms with Crippen LogP contribution in [0.2, 0.25) is 0 Å². The van der Waals surface area contributed by atoms with Gasteiger partial charge in [0.2, 0.25) is 0 Å². The normalized spacial score (nSPS) is 19.5. The van der Waals surface area contributed by atoms with Crippen LogP contribution in [0.25, 0.3) is 0 Å². The van der Waals surface area contributed by atoms with Gasteiger partial charge in [-0.3, -0.25) is 4.79 Å². The van der Waals surface area contributed by atoms with Gasteiger partial charge in [0, 0.05) is 23.8 Å². The van der Waals surface area contributed by atoms with Crippen molar-refractivity contribution in [3.05, 3.63) is 23.8 Å². The highest BCUT2D eigenvalue weighted by Crippen LogP contribution is 2.34. The fourth-order valence-corrected chi connectivity index (χ4v) is 5.38. The Labute approximate surface area is 128 Å². The highest BCUT2D eigenvalue weighted by molar-refractivity contribution is 8.01. The first kappa shape index (κ1) is 16.0. The molecule has 1 heterocycles. The first-order valence-electron chi connectivity index (χ1n) is 6.62. The fraction of sp³-hybridized carbons (Fsp3) is 0.462. The van der Waals surface area contributed by atoms with Crippen molar-refractivity contribution in [2.24, 2.45) is 5.73 Å². The summed E-state index contributed by atoms with van der Waals surface area (Å²) in [4.78, 5) is 13.3. The highest BCUT2D eigenvalue weighted by atomic mass is 32.2. The number of anilines is 2. The number of carbonyl (C=O) groups is 1. The van der Waals surface area contributed by atoms with Gasteiger partial charge in [-0.1, -0.05) is 13.0 Å². The van der Waals surface area contributed by atoms with Crippen LogP contribution in [0.1, 0.15) is 17.3 Å². The maximum Gasteiger partial charge on any atom is 0.250 e. The minimum atomic E-state index is -3.28. The van der Waals surface area contributed by atoms with Gasteiger partial charge < -0.3 is 16.4 Å². The van der Waals surface area contributed by atoms with Gasteiger partial charge in [-0.2, -0.15) is 11.8 Å². The standard InChI is InChI=1S/C13H19N3O3S2/c1-2-21(18,19)11-8-20-7-6-16(11)12-9(13(15)17)4-3-5-10(12)14/h3-5,11H,2,6-8,14H2,1H3,(H2,15,17). The number of hydrogen-bond donors (Lipinski definition) is 2. The van der Waals surface area contributed by atoms with E-state index in [1.807, 2.05) is 0 Å². The topological polar surface area (TPSA) is 106 Å². The Morgan fingerprint density at radius 3 is 2.81 bits per heavy atom. The second-order valence-corrected chi connectivity index (χ2v) is 8.38. The highest BCUT2D eigenvalue weighted by Gasteiger charge is 2.35. The van der Waals surface area contributed by atoms with Gasteiger partial charge in [0.05, 0.1) is 16.9 Å². The number of nitrogen functional groups attached to an aromatic ring is 1. The molecular formula is C13H19N3O3S2. The molecule has 0 saturated carbocycles. The van der Waals surface area contributed by atoms with Crippen molar-refractivity contribution in [2.75, 3.05) is 34.4 Å². The summed E-state index contributed by atoms with van der Waals surface area (Å²) in [5, 5.41) is -0.677. The summed E-state index contributed by atoms with van der Waals surface area (Å²) in [7, 11) is -3.28. The summed E-state index contributed by atoms with van der Waals surface area (Å²) in [5.41, 5.74) is 12.5. The van der Waals surface area contributed by atoms with E-state index in [0.717, 1.165) is 5.75 Å². The first-order chi connectivity index (χ1) is 9.88. The number of hydrogen-bond acceptors (Lipinski definition) is 6. The van der Waals surface area contributed by atoms with Gasteiger partial charge in [-0.05, 0) is 12.1 Å². The van der Waals surface area contributed by atoms with Crippen molar-refractivity contribution in [3.63, 3.8) is 0 Å². The second kappa shape index (κ2) is 6.15. The quantitative estimate of drug-likeness (QED) is 0.787. The number of nitrogens with two attached hydrogens (primary N) is 2. The molecular weight excluding hydrogens is 310 g/mol. The molecule has 4 N–H and O–H groups in total. The molecule has 1 aliphatic heterocycles. The Kier molecular flexibility index (Phi) is 4.67. The Bertz CT molecular complexity index is 646. The van der Waals surface area contributed by atoms with Gasteiger partial charge >= 0.3 is 0 Å². The zero-order valence-corrected chi connectivity index (χ0v) is 13.4. The summed E-state index contributed by atoms with van der Waals surface area (Å²) < 4.78 is 24.6. The molecule has 6 nitrogen and oxygen atoms in total. The van der Waals surface area contributed by atoms with Gasteiger partial charge in [-0.25, -0.2) is 8.42 Å². The van der Waals surface area contributed by atoms with Crippen LogP contribution in [0.15, 0.2) is 18.2 Å². The van der Waals surface area contributed by atoms with Crippen LogP contribution in [0.5, 0.6) is 0 Å². The Morgan fingerprint density at radius 2 is 2.19 bits per heavy atom. The Morgan fingerprint density at radius 1 is 1.48 bits per heavy atom. The Balaban J connectivity index is 2.55. The van der Waals surface area contributed by atoms with Crippen molar-refractivity contribution in [3.8, 4) is 0 Å². The monoisotopic (exact) mass is 329 g/mol. The van der Waals surface area contributed by atoms with Gasteiger partial charge in [0.1, 0.15) is 5.37 Å². The van der Waals surface area contributed by atoms with E-state index in [0.29, 0.717) is 23.7 Å². The minimum Gasteiger partial charge on any atom is -0.397 e. The second-order valence-electron chi connectivity index (χ2n) is 4.78. The molecule has 0 spiro atoms. The average molecular weight is 329 g/mol. The number of primary amides is 1. The van der Waals surface area contributed by atoms with E-state index >= 15 is 0 Å². The van der Waals surface area contributed by atoms with Crippen molar-refractivity contribution >= 4 is 38.9 Å². The molecule has 21 heavy (non-hydrogen) atoms.